The minimum absolute atomic E-state index is 0.211. The van der Waals surface area contributed by atoms with E-state index in [2.05, 4.69) is 15.9 Å². The van der Waals surface area contributed by atoms with Crippen molar-refractivity contribution in [2.24, 2.45) is 0 Å². The molecule has 0 spiro atoms. The van der Waals surface area contributed by atoms with Crippen LogP contribution < -0.4 is 0 Å². The highest BCUT2D eigenvalue weighted by atomic mass is 79.9. The van der Waals surface area contributed by atoms with Crippen molar-refractivity contribution in [3.63, 3.8) is 0 Å². The lowest BCUT2D eigenvalue weighted by Gasteiger charge is -2.10. The van der Waals surface area contributed by atoms with Gasteiger partial charge in [-0.25, -0.2) is 4.39 Å². The molecule has 1 heterocycles. The van der Waals surface area contributed by atoms with E-state index in [0.717, 1.165) is 19.8 Å². The van der Waals surface area contributed by atoms with Crippen molar-refractivity contribution in [2.45, 2.75) is 12.3 Å². The van der Waals surface area contributed by atoms with Gasteiger partial charge in [0.25, 0.3) is 0 Å². The molecular formula is C12H9BrClFS. The van der Waals surface area contributed by atoms with Gasteiger partial charge in [0.15, 0.2) is 0 Å². The van der Waals surface area contributed by atoms with Gasteiger partial charge < -0.3 is 0 Å². The number of rotatable bonds is 2. The SMILES string of the molecule is Cc1cc(F)ccc1C(Cl)c1ccc(Br)s1. The normalized spacial score (nSPS) is 12.8. The van der Waals surface area contributed by atoms with Gasteiger partial charge in [0.2, 0.25) is 0 Å². The number of aryl methyl sites for hydroxylation is 1. The largest absolute Gasteiger partial charge is 0.207 e. The molecule has 16 heavy (non-hydrogen) atoms. The van der Waals surface area contributed by atoms with Gasteiger partial charge in [-0.15, -0.1) is 22.9 Å². The molecule has 1 atom stereocenters. The Labute approximate surface area is 111 Å². The first kappa shape index (κ1) is 12.1. The monoisotopic (exact) mass is 318 g/mol. The van der Waals surface area contributed by atoms with Gasteiger partial charge in [-0.1, -0.05) is 6.07 Å². The van der Waals surface area contributed by atoms with Crippen molar-refractivity contribution in [2.75, 3.05) is 0 Å². The van der Waals surface area contributed by atoms with Crippen LogP contribution in [-0.2, 0) is 0 Å². The molecule has 0 saturated heterocycles. The number of thiophene rings is 1. The summed E-state index contributed by atoms with van der Waals surface area (Å²) < 4.78 is 14.0. The van der Waals surface area contributed by atoms with E-state index in [1.165, 1.54) is 12.1 Å². The molecule has 1 aromatic heterocycles. The van der Waals surface area contributed by atoms with Gasteiger partial charge in [0.05, 0.1) is 9.16 Å². The van der Waals surface area contributed by atoms with Crippen LogP contribution in [0.25, 0.3) is 0 Å². The maximum absolute atomic E-state index is 13.0. The van der Waals surface area contributed by atoms with Crippen molar-refractivity contribution in [3.05, 3.63) is 55.9 Å². The second-order valence-corrected chi connectivity index (χ2v) is 6.44. The Morgan fingerprint density at radius 2 is 2.06 bits per heavy atom. The van der Waals surface area contributed by atoms with Gasteiger partial charge in [-0.05, 0) is 58.2 Å². The topological polar surface area (TPSA) is 0 Å². The fourth-order valence-electron chi connectivity index (χ4n) is 1.54. The van der Waals surface area contributed by atoms with Crippen LogP contribution in [0.15, 0.2) is 34.1 Å². The first-order valence-electron chi connectivity index (χ1n) is 4.73. The zero-order chi connectivity index (χ0) is 11.7. The summed E-state index contributed by atoms with van der Waals surface area (Å²) in [5.74, 6) is -0.225. The number of hydrogen-bond acceptors (Lipinski definition) is 1. The Bertz CT molecular complexity index is 509. The molecule has 0 fully saturated rings. The van der Waals surface area contributed by atoms with Crippen LogP contribution in [0.2, 0.25) is 0 Å². The molecule has 0 nitrogen and oxygen atoms in total. The quantitative estimate of drug-likeness (QED) is 0.660. The molecule has 1 unspecified atom stereocenters. The average Bonchev–Trinajstić information content (AvgIpc) is 2.64. The highest BCUT2D eigenvalue weighted by Gasteiger charge is 2.15. The second-order valence-electron chi connectivity index (χ2n) is 3.51. The molecule has 0 radical (unpaired) electrons. The van der Waals surface area contributed by atoms with Crippen LogP contribution in [0.1, 0.15) is 21.4 Å². The van der Waals surface area contributed by atoms with Gasteiger partial charge in [0.1, 0.15) is 5.82 Å². The summed E-state index contributed by atoms with van der Waals surface area (Å²) in [6.07, 6.45) is 0. The third-order valence-corrected chi connectivity index (χ3v) is 4.64. The molecule has 4 heteroatoms. The van der Waals surface area contributed by atoms with E-state index in [4.69, 9.17) is 11.6 Å². The Hall–Kier alpha value is -0.380. The van der Waals surface area contributed by atoms with E-state index >= 15 is 0 Å². The van der Waals surface area contributed by atoms with E-state index in [1.54, 1.807) is 17.4 Å². The number of hydrogen-bond donors (Lipinski definition) is 0. The Morgan fingerprint density at radius 1 is 1.31 bits per heavy atom. The molecular weight excluding hydrogens is 311 g/mol. The lowest BCUT2D eigenvalue weighted by molar-refractivity contribution is 0.625. The molecule has 1 aromatic carbocycles. The van der Waals surface area contributed by atoms with Crippen molar-refractivity contribution in [3.8, 4) is 0 Å². The fourth-order valence-corrected chi connectivity index (χ4v) is 3.41. The Morgan fingerprint density at radius 3 is 2.62 bits per heavy atom. The number of benzene rings is 1. The highest BCUT2D eigenvalue weighted by molar-refractivity contribution is 9.11. The molecule has 0 aliphatic carbocycles. The standard InChI is InChI=1S/C12H9BrClFS/c1-7-6-8(15)2-3-9(7)12(14)10-4-5-11(13)16-10/h2-6,12H,1H3. The van der Waals surface area contributed by atoms with Crippen molar-refractivity contribution < 1.29 is 4.39 Å². The van der Waals surface area contributed by atoms with E-state index in [1.807, 2.05) is 19.1 Å². The van der Waals surface area contributed by atoms with E-state index < -0.39 is 0 Å². The predicted molar refractivity (Wildman–Crippen MR) is 70.9 cm³/mol. The Kier molecular flexibility index (Phi) is 3.67. The van der Waals surface area contributed by atoms with E-state index in [0.29, 0.717) is 0 Å². The molecule has 2 rings (SSSR count). The lowest BCUT2D eigenvalue weighted by Crippen LogP contribution is -1.94. The van der Waals surface area contributed by atoms with Gasteiger partial charge >= 0.3 is 0 Å². The van der Waals surface area contributed by atoms with E-state index in [-0.39, 0.29) is 11.2 Å². The minimum atomic E-state index is -0.225. The summed E-state index contributed by atoms with van der Waals surface area (Å²) >= 11 is 11.4. The van der Waals surface area contributed by atoms with Crippen LogP contribution in [0.5, 0.6) is 0 Å². The summed E-state index contributed by atoms with van der Waals surface area (Å²) in [6, 6.07) is 8.65. The van der Waals surface area contributed by atoms with Crippen molar-refractivity contribution in [1.82, 2.24) is 0 Å². The maximum atomic E-state index is 13.0. The predicted octanol–water partition coefficient (Wildman–Crippen LogP) is 5.29. The van der Waals surface area contributed by atoms with E-state index in [9.17, 15) is 4.39 Å². The highest BCUT2D eigenvalue weighted by Crippen LogP contribution is 2.36. The van der Waals surface area contributed by atoms with Crippen LogP contribution in [-0.4, -0.2) is 0 Å². The molecule has 2 aromatic rings. The summed E-state index contributed by atoms with van der Waals surface area (Å²) in [4.78, 5) is 1.06. The molecule has 0 bridgehead atoms. The first-order valence-corrected chi connectivity index (χ1v) is 6.78. The van der Waals surface area contributed by atoms with Crippen LogP contribution in [0, 0.1) is 12.7 Å². The third-order valence-electron chi connectivity index (χ3n) is 2.35. The summed E-state index contributed by atoms with van der Waals surface area (Å²) in [7, 11) is 0. The lowest BCUT2D eigenvalue weighted by atomic mass is 10.0. The average molecular weight is 320 g/mol. The molecule has 0 amide bonds. The number of halogens is 3. The van der Waals surface area contributed by atoms with Crippen LogP contribution >= 0.6 is 38.9 Å². The second kappa shape index (κ2) is 4.86. The zero-order valence-electron chi connectivity index (χ0n) is 8.51. The molecule has 0 aliphatic heterocycles. The molecule has 84 valence electrons. The summed E-state index contributed by atoms with van der Waals surface area (Å²) in [5, 5.41) is -0.211. The molecule has 0 N–H and O–H groups in total. The summed E-state index contributed by atoms with van der Waals surface area (Å²) in [5.41, 5.74) is 1.84. The van der Waals surface area contributed by atoms with Crippen LogP contribution in [0.3, 0.4) is 0 Å². The number of alkyl halides is 1. The van der Waals surface area contributed by atoms with Crippen molar-refractivity contribution >= 4 is 38.9 Å². The third kappa shape index (κ3) is 2.47. The summed E-state index contributed by atoms with van der Waals surface area (Å²) in [6.45, 7) is 1.87. The van der Waals surface area contributed by atoms with Crippen molar-refractivity contribution in [1.29, 1.82) is 0 Å². The molecule has 0 saturated carbocycles. The van der Waals surface area contributed by atoms with Gasteiger partial charge in [-0.2, -0.15) is 0 Å². The van der Waals surface area contributed by atoms with Crippen LogP contribution in [0.4, 0.5) is 4.39 Å². The molecule has 0 aliphatic rings. The zero-order valence-corrected chi connectivity index (χ0v) is 11.7. The maximum Gasteiger partial charge on any atom is 0.123 e. The Balaban J connectivity index is 2.37. The minimum Gasteiger partial charge on any atom is -0.207 e. The van der Waals surface area contributed by atoms with Gasteiger partial charge in [-0.3, -0.25) is 0 Å². The van der Waals surface area contributed by atoms with Gasteiger partial charge in [0, 0.05) is 4.88 Å². The first-order chi connectivity index (χ1) is 7.58. The smallest absolute Gasteiger partial charge is 0.123 e. The fraction of sp³-hybridized carbons (Fsp3) is 0.167.